The molecule has 0 bridgehead atoms. The number of nitrogens with one attached hydrogen (secondary N) is 1. The number of aliphatic hydroxyl groups excluding tert-OH is 1. The van der Waals surface area contributed by atoms with E-state index in [9.17, 15) is 14.7 Å². The number of carbonyl (C=O) groups is 2. The Morgan fingerprint density at radius 1 is 1.53 bits per heavy atom. The number of hydrogen-bond acceptors (Lipinski definition) is 4. The van der Waals surface area contributed by atoms with Crippen LogP contribution in [0, 0.1) is 13.8 Å². The van der Waals surface area contributed by atoms with Gasteiger partial charge in [0, 0.05) is 5.56 Å². The molecule has 102 valence electrons. The Morgan fingerprint density at radius 3 is 2.84 bits per heavy atom. The highest BCUT2D eigenvalue weighted by Gasteiger charge is 2.30. The zero-order chi connectivity index (χ0) is 14.2. The van der Waals surface area contributed by atoms with Gasteiger partial charge in [-0.15, -0.1) is 0 Å². The number of esters is 1. The van der Waals surface area contributed by atoms with Crippen LogP contribution in [-0.2, 0) is 20.7 Å². The number of rotatable bonds is 3. The number of carbonyl (C=O) groups excluding carboxylic acids is 2. The fourth-order valence-corrected chi connectivity index (χ4v) is 2.34. The summed E-state index contributed by atoms with van der Waals surface area (Å²) >= 11 is 0. The van der Waals surface area contributed by atoms with Crippen LogP contribution in [0.1, 0.15) is 35.3 Å². The molecule has 0 aromatic heterocycles. The van der Waals surface area contributed by atoms with Crippen LogP contribution in [0.25, 0.3) is 0 Å². The summed E-state index contributed by atoms with van der Waals surface area (Å²) in [7, 11) is 0. The molecule has 1 unspecified atom stereocenters. The third-order valence-corrected chi connectivity index (χ3v) is 3.38. The quantitative estimate of drug-likeness (QED) is 0.808. The minimum atomic E-state index is -1.37. The lowest BCUT2D eigenvalue weighted by molar-refractivity contribution is -0.153. The molecule has 1 aliphatic rings. The van der Waals surface area contributed by atoms with Gasteiger partial charge in [0.05, 0.1) is 18.7 Å². The molecule has 5 heteroatoms. The van der Waals surface area contributed by atoms with Crippen molar-refractivity contribution in [3.8, 4) is 0 Å². The van der Waals surface area contributed by atoms with E-state index in [1.165, 1.54) is 0 Å². The fraction of sp³-hybridized carbons (Fsp3) is 0.429. The molecule has 0 aliphatic carbocycles. The average Bonchev–Trinajstić information content (AvgIpc) is 2.70. The molecule has 0 saturated heterocycles. The zero-order valence-corrected chi connectivity index (χ0v) is 11.2. The van der Waals surface area contributed by atoms with Crippen LogP contribution in [0.2, 0.25) is 0 Å². The van der Waals surface area contributed by atoms with E-state index in [4.69, 9.17) is 4.74 Å². The molecule has 1 aliphatic heterocycles. The number of anilines is 1. The smallest absolute Gasteiger partial charge is 0.339 e. The minimum absolute atomic E-state index is 0.127. The van der Waals surface area contributed by atoms with Gasteiger partial charge in [0.25, 0.3) is 0 Å². The minimum Gasteiger partial charge on any atom is -0.464 e. The summed E-state index contributed by atoms with van der Waals surface area (Å²) in [5.74, 6) is -0.822. The second-order valence-electron chi connectivity index (χ2n) is 4.65. The van der Waals surface area contributed by atoms with Gasteiger partial charge in [0.2, 0.25) is 5.91 Å². The van der Waals surface area contributed by atoms with Crippen LogP contribution >= 0.6 is 0 Å². The summed E-state index contributed by atoms with van der Waals surface area (Å²) in [6.07, 6.45) is -1.09. The molecule has 0 spiro atoms. The Bertz CT molecular complexity index is 551. The number of amides is 1. The molecule has 1 heterocycles. The highest BCUT2D eigenvalue weighted by atomic mass is 16.5. The SMILES string of the molecule is CCOC(=O)C(O)c1c(C)c(C)cc2c1NC(=O)C2. The highest BCUT2D eigenvalue weighted by Crippen LogP contribution is 2.36. The van der Waals surface area contributed by atoms with Gasteiger partial charge in [-0.1, -0.05) is 6.07 Å². The second kappa shape index (κ2) is 5.01. The maximum Gasteiger partial charge on any atom is 0.339 e. The van der Waals surface area contributed by atoms with Crippen LogP contribution in [-0.4, -0.2) is 23.6 Å². The first kappa shape index (κ1) is 13.5. The van der Waals surface area contributed by atoms with E-state index < -0.39 is 12.1 Å². The van der Waals surface area contributed by atoms with Crippen molar-refractivity contribution in [2.75, 3.05) is 11.9 Å². The summed E-state index contributed by atoms with van der Waals surface area (Å²) in [5, 5.41) is 12.9. The van der Waals surface area contributed by atoms with Crippen LogP contribution in [0.15, 0.2) is 6.07 Å². The third kappa shape index (κ3) is 2.33. The van der Waals surface area contributed by atoms with Crippen molar-refractivity contribution in [3.63, 3.8) is 0 Å². The Balaban J connectivity index is 2.51. The second-order valence-corrected chi connectivity index (χ2v) is 4.65. The van der Waals surface area contributed by atoms with Crippen LogP contribution in [0.5, 0.6) is 0 Å². The van der Waals surface area contributed by atoms with E-state index in [1.54, 1.807) is 6.92 Å². The van der Waals surface area contributed by atoms with Crippen molar-refractivity contribution >= 4 is 17.6 Å². The molecule has 1 atom stereocenters. The third-order valence-electron chi connectivity index (χ3n) is 3.38. The molecule has 1 aromatic rings. The normalized spacial score (nSPS) is 14.8. The first-order valence-corrected chi connectivity index (χ1v) is 6.23. The van der Waals surface area contributed by atoms with Crippen LogP contribution in [0.3, 0.4) is 0 Å². The average molecular weight is 263 g/mol. The lowest BCUT2D eigenvalue weighted by Crippen LogP contribution is -2.18. The molecule has 1 aromatic carbocycles. The van der Waals surface area contributed by atoms with Crippen molar-refractivity contribution in [3.05, 3.63) is 28.3 Å². The first-order valence-electron chi connectivity index (χ1n) is 6.23. The van der Waals surface area contributed by atoms with Gasteiger partial charge in [0.1, 0.15) is 0 Å². The first-order chi connectivity index (χ1) is 8.95. The molecule has 2 rings (SSSR count). The van der Waals surface area contributed by atoms with Gasteiger partial charge in [-0.25, -0.2) is 4.79 Å². The lowest BCUT2D eigenvalue weighted by Gasteiger charge is -2.18. The predicted molar refractivity (Wildman–Crippen MR) is 69.8 cm³/mol. The molecule has 1 amide bonds. The molecule has 19 heavy (non-hydrogen) atoms. The van der Waals surface area contributed by atoms with Gasteiger partial charge >= 0.3 is 5.97 Å². The van der Waals surface area contributed by atoms with E-state index in [2.05, 4.69) is 5.32 Å². The number of fused-ring (bicyclic) bond motifs is 1. The largest absolute Gasteiger partial charge is 0.464 e. The van der Waals surface area contributed by atoms with E-state index in [1.807, 2.05) is 19.9 Å². The molecule has 0 fully saturated rings. The van der Waals surface area contributed by atoms with Crippen molar-refractivity contribution in [1.82, 2.24) is 0 Å². The molecule has 0 saturated carbocycles. The number of aliphatic hydroxyl groups is 1. The van der Waals surface area contributed by atoms with E-state index in [0.29, 0.717) is 11.3 Å². The zero-order valence-electron chi connectivity index (χ0n) is 11.2. The summed E-state index contributed by atoms with van der Waals surface area (Å²) in [4.78, 5) is 23.2. The van der Waals surface area contributed by atoms with Gasteiger partial charge in [0.15, 0.2) is 6.10 Å². The molecule has 5 nitrogen and oxygen atoms in total. The number of ether oxygens (including phenoxy) is 1. The topological polar surface area (TPSA) is 75.6 Å². The molecule has 2 N–H and O–H groups in total. The van der Waals surface area contributed by atoms with E-state index in [-0.39, 0.29) is 18.9 Å². The Hall–Kier alpha value is -1.88. The monoisotopic (exact) mass is 263 g/mol. The molecular weight excluding hydrogens is 246 g/mol. The maximum atomic E-state index is 11.7. The van der Waals surface area contributed by atoms with Gasteiger partial charge in [-0.05, 0) is 37.5 Å². The van der Waals surface area contributed by atoms with Crippen LogP contribution in [0.4, 0.5) is 5.69 Å². The van der Waals surface area contributed by atoms with Crippen molar-refractivity contribution < 1.29 is 19.4 Å². The van der Waals surface area contributed by atoms with Gasteiger partial charge in [-0.3, -0.25) is 4.79 Å². The van der Waals surface area contributed by atoms with Crippen molar-refractivity contribution in [2.24, 2.45) is 0 Å². The van der Waals surface area contributed by atoms with Crippen LogP contribution < -0.4 is 5.32 Å². The highest BCUT2D eigenvalue weighted by molar-refractivity contribution is 6.01. The predicted octanol–water partition coefficient (Wildman–Crippen LogP) is 1.39. The number of hydrogen-bond donors (Lipinski definition) is 2. The summed E-state index contributed by atoms with van der Waals surface area (Å²) in [5.41, 5.74) is 3.54. The molecular formula is C14H17NO4. The van der Waals surface area contributed by atoms with Gasteiger partial charge < -0.3 is 15.2 Å². The maximum absolute atomic E-state index is 11.7. The Kier molecular flexibility index (Phi) is 3.57. The van der Waals surface area contributed by atoms with Crippen molar-refractivity contribution in [1.29, 1.82) is 0 Å². The lowest BCUT2D eigenvalue weighted by atomic mass is 9.93. The number of benzene rings is 1. The number of aryl methyl sites for hydroxylation is 1. The van der Waals surface area contributed by atoms with E-state index in [0.717, 1.165) is 16.7 Å². The summed E-state index contributed by atoms with van der Waals surface area (Å²) in [6, 6.07) is 1.91. The Labute approximate surface area is 111 Å². The van der Waals surface area contributed by atoms with Gasteiger partial charge in [-0.2, -0.15) is 0 Å². The summed E-state index contributed by atoms with van der Waals surface area (Å²) in [6.45, 7) is 5.59. The Morgan fingerprint density at radius 2 is 2.21 bits per heavy atom. The van der Waals surface area contributed by atoms with E-state index >= 15 is 0 Å². The van der Waals surface area contributed by atoms with Crippen molar-refractivity contribution in [2.45, 2.75) is 33.3 Å². The fourth-order valence-electron chi connectivity index (χ4n) is 2.34. The standard InChI is InChI=1S/C14H17NO4/c1-4-19-14(18)13(17)11-8(3)7(2)5-9-6-10(16)15-12(9)11/h5,13,17H,4,6H2,1-3H3,(H,15,16). The summed E-state index contributed by atoms with van der Waals surface area (Å²) < 4.78 is 4.84. The molecule has 0 radical (unpaired) electrons.